The molecule has 1 aliphatic heterocycles. The van der Waals surface area contributed by atoms with Crippen LogP contribution in [0.5, 0.6) is 11.5 Å². The third-order valence-corrected chi connectivity index (χ3v) is 10.6. The van der Waals surface area contributed by atoms with Gasteiger partial charge in [0.05, 0.1) is 21.8 Å². The first-order valence-corrected chi connectivity index (χ1v) is 16.3. The van der Waals surface area contributed by atoms with E-state index in [9.17, 15) is 0 Å². The summed E-state index contributed by atoms with van der Waals surface area (Å²) in [7, 11) is 0. The summed E-state index contributed by atoms with van der Waals surface area (Å²) in [6.07, 6.45) is 0. The van der Waals surface area contributed by atoms with Gasteiger partial charge in [0.15, 0.2) is 0 Å². The summed E-state index contributed by atoms with van der Waals surface area (Å²) in [6.45, 7) is 0. The summed E-state index contributed by atoms with van der Waals surface area (Å²) >= 11 is 0. The molecule has 218 valence electrons. The highest BCUT2D eigenvalue weighted by molar-refractivity contribution is 6.21. The molecule has 0 fully saturated rings. The van der Waals surface area contributed by atoms with Crippen molar-refractivity contribution in [3.8, 4) is 28.3 Å². The maximum absolute atomic E-state index is 7.13. The van der Waals surface area contributed by atoms with Crippen LogP contribution in [0.4, 0.5) is 0 Å². The lowest BCUT2D eigenvalue weighted by molar-refractivity contribution is 0.442. The van der Waals surface area contributed by atoms with Crippen molar-refractivity contribution in [3.05, 3.63) is 186 Å². The van der Waals surface area contributed by atoms with E-state index in [0.29, 0.717) is 0 Å². The first-order chi connectivity index (χ1) is 23.3. The molecule has 2 nitrogen and oxygen atoms in total. The van der Waals surface area contributed by atoms with Gasteiger partial charge in [0.25, 0.3) is 0 Å². The Balaban J connectivity index is 1.33. The van der Waals surface area contributed by atoms with Gasteiger partial charge < -0.3 is 9.30 Å². The summed E-state index contributed by atoms with van der Waals surface area (Å²) < 4.78 is 9.58. The minimum Gasteiger partial charge on any atom is -0.456 e. The fourth-order valence-corrected chi connectivity index (χ4v) is 8.76. The lowest BCUT2D eigenvalue weighted by Gasteiger charge is -2.39. The number of rotatable bonds is 1. The van der Waals surface area contributed by atoms with Crippen molar-refractivity contribution in [2.45, 2.75) is 5.41 Å². The van der Waals surface area contributed by atoms with Gasteiger partial charge in [-0.1, -0.05) is 140 Å². The fourth-order valence-electron chi connectivity index (χ4n) is 8.76. The van der Waals surface area contributed by atoms with Crippen molar-refractivity contribution in [2.75, 3.05) is 0 Å². The average molecular weight is 598 g/mol. The van der Waals surface area contributed by atoms with Gasteiger partial charge in [-0.25, -0.2) is 0 Å². The van der Waals surface area contributed by atoms with Gasteiger partial charge in [-0.05, 0) is 62.7 Å². The Bertz CT molecular complexity index is 2740. The van der Waals surface area contributed by atoms with Gasteiger partial charge >= 0.3 is 0 Å². The molecule has 0 bridgehead atoms. The van der Waals surface area contributed by atoms with Crippen LogP contribution in [0.15, 0.2) is 164 Å². The predicted octanol–water partition coefficient (Wildman–Crippen LogP) is 11.6. The summed E-state index contributed by atoms with van der Waals surface area (Å²) in [5, 5.41) is 7.25. The summed E-state index contributed by atoms with van der Waals surface area (Å²) in [4.78, 5) is 0. The Labute approximate surface area is 271 Å². The zero-order chi connectivity index (χ0) is 30.7. The molecule has 1 aromatic heterocycles. The molecule has 0 saturated carbocycles. The largest absolute Gasteiger partial charge is 0.456 e. The van der Waals surface area contributed by atoms with Crippen LogP contribution < -0.4 is 4.74 Å². The second-order valence-electron chi connectivity index (χ2n) is 12.8. The molecule has 0 atom stereocenters. The zero-order valence-corrected chi connectivity index (χ0v) is 25.4. The van der Waals surface area contributed by atoms with E-state index in [1.165, 1.54) is 65.8 Å². The van der Waals surface area contributed by atoms with E-state index in [-0.39, 0.29) is 0 Å². The Kier molecular flexibility index (Phi) is 4.80. The maximum atomic E-state index is 7.13. The molecule has 47 heavy (non-hydrogen) atoms. The van der Waals surface area contributed by atoms with Crippen LogP contribution in [0.25, 0.3) is 60.2 Å². The van der Waals surface area contributed by atoms with Crippen molar-refractivity contribution >= 4 is 43.4 Å². The number of benzene rings is 8. The highest BCUT2D eigenvalue weighted by atomic mass is 16.5. The molecule has 0 amide bonds. The van der Waals surface area contributed by atoms with Crippen LogP contribution >= 0.6 is 0 Å². The predicted molar refractivity (Wildman–Crippen MR) is 193 cm³/mol. The molecule has 1 spiro atoms. The van der Waals surface area contributed by atoms with E-state index in [0.717, 1.165) is 28.1 Å². The van der Waals surface area contributed by atoms with Crippen LogP contribution in [0.1, 0.15) is 22.3 Å². The number of aromatic nitrogens is 1. The normalized spacial score (nSPS) is 13.9. The van der Waals surface area contributed by atoms with Crippen molar-refractivity contribution < 1.29 is 4.74 Å². The molecule has 8 aromatic carbocycles. The van der Waals surface area contributed by atoms with E-state index in [1.54, 1.807) is 0 Å². The van der Waals surface area contributed by atoms with Crippen LogP contribution in [0.3, 0.4) is 0 Å². The number of hydrogen-bond acceptors (Lipinski definition) is 1. The van der Waals surface area contributed by atoms with Gasteiger partial charge in [-0.15, -0.1) is 0 Å². The number of ether oxygens (including phenoxy) is 1. The van der Waals surface area contributed by atoms with Crippen molar-refractivity contribution in [1.82, 2.24) is 4.57 Å². The molecule has 9 aromatic rings. The number of fused-ring (bicyclic) bond motifs is 16. The Morgan fingerprint density at radius 2 is 1.09 bits per heavy atom. The molecular formula is C45H27NO. The minimum absolute atomic E-state index is 0.500. The van der Waals surface area contributed by atoms with E-state index < -0.39 is 5.41 Å². The quantitative estimate of drug-likeness (QED) is 0.184. The Morgan fingerprint density at radius 1 is 0.447 bits per heavy atom. The summed E-state index contributed by atoms with van der Waals surface area (Å²) in [5.74, 6) is 1.85. The molecule has 0 N–H and O–H groups in total. The fraction of sp³-hybridized carbons (Fsp3) is 0.0222. The highest BCUT2D eigenvalue weighted by Gasteiger charge is 2.51. The molecule has 0 saturated heterocycles. The van der Waals surface area contributed by atoms with E-state index in [4.69, 9.17) is 4.74 Å². The highest BCUT2D eigenvalue weighted by Crippen LogP contribution is 2.63. The third kappa shape index (κ3) is 3.10. The van der Waals surface area contributed by atoms with Crippen LogP contribution in [-0.4, -0.2) is 4.57 Å². The van der Waals surface area contributed by atoms with Crippen molar-refractivity contribution in [1.29, 1.82) is 0 Å². The second-order valence-corrected chi connectivity index (χ2v) is 12.8. The third-order valence-electron chi connectivity index (χ3n) is 10.6. The van der Waals surface area contributed by atoms with Crippen molar-refractivity contribution in [3.63, 3.8) is 0 Å². The molecule has 2 heteroatoms. The number of para-hydroxylation sites is 1. The Hall–Kier alpha value is -6.12. The van der Waals surface area contributed by atoms with E-state index >= 15 is 0 Å². The van der Waals surface area contributed by atoms with Crippen LogP contribution in [0, 0.1) is 0 Å². The van der Waals surface area contributed by atoms with Gasteiger partial charge in [0, 0.05) is 27.6 Å². The topological polar surface area (TPSA) is 14.2 Å². The van der Waals surface area contributed by atoms with Crippen LogP contribution in [0.2, 0.25) is 0 Å². The lowest BCUT2D eigenvalue weighted by Crippen LogP contribution is -2.32. The average Bonchev–Trinajstić information content (AvgIpc) is 3.63. The molecule has 2 heterocycles. The van der Waals surface area contributed by atoms with Gasteiger partial charge in [-0.2, -0.15) is 0 Å². The monoisotopic (exact) mass is 597 g/mol. The molecule has 0 radical (unpaired) electrons. The zero-order valence-electron chi connectivity index (χ0n) is 25.4. The van der Waals surface area contributed by atoms with Gasteiger partial charge in [0.1, 0.15) is 11.5 Å². The van der Waals surface area contributed by atoms with Gasteiger partial charge in [0.2, 0.25) is 0 Å². The molecule has 1 aliphatic carbocycles. The second kappa shape index (κ2) is 8.99. The summed E-state index contributed by atoms with van der Waals surface area (Å²) in [5.41, 5.74) is 10.5. The molecule has 0 unspecified atom stereocenters. The number of nitrogens with zero attached hydrogens (tertiary/aromatic N) is 1. The first kappa shape index (κ1) is 25.1. The minimum atomic E-state index is -0.500. The molecular weight excluding hydrogens is 571 g/mol. The van der Waals surface area contributed by atoms with E-state index in [2.05, 4.69) is 168 Å². The summed E-state index contributed by atoms with van der Waals surface area (Å²) in [6, 6.07) is 59.9. The lowest BCUT2D eigenvalue weighted by atomic mass is 9.66. The Morgan fingerprint density at radius 3 is 1.89 bits per heavy atom. The number of hydrogen-bond donors (Lipinski definition) is 0. The maximum Gasteiger partial charge on any atom is 0.142 e. The standard InChI is InChI=1S/C45H27NO/c1-2-13-30-27-31(23-21-28(30)11-1)46-40-26-25-39-44(42(40)35-24-22-29-12-3-4-14-32(29)43(35)46)47-41-20-10-9-19-38(41)45(39)36-17-7-5-15-33(36)34-16-6-8-18-37(34)45/h1-27H. The molecule has 11 rings (SSSR count). The van der Waals surface area contributed by atoms with E-state index in [1.807, 2.05) is 0 Å². The smallest absolute Gasteiger partial charge is 0.142 e. The van der Waals surface area contributed by atoms with Gasteiger partial charge in [-0.3, -0.25) is 0 Å². The SMILES string of the molecule is c1ccc2c(c1)Oc1c(ccc3c1c1ccc4ccccc4c1n3-c1ccc3ccccc3c1)C21c2ccccc2-c2ccccc21. The van der Waals surface area contributed by atoms with Crippen LogP contribution in [-0.2, 0) is 5.41 Å². The first-order valence-electron chi connectivity index (χ1n) is 16.3. The molecule has 2 aliphatic rings. The van der Waals surface area contributed by atoms with Crippen molar-refractivity contribution in [2.24, 2.45) is 0 Å².